The van der Waals surface area contributed by atoms with Crippen LogP contribution in [0.2, 0.25) is 0 Å². The van der Waals surface area contributed by atoms with E-state index in [1.54, 1.807) is 0 Å². The number of anilines is 1. The van der Waals surface area contributed by atoms with Crippen molar-refractivity contribution in [2.24, 2.45) is 0 Å². The van der Waals surface area contributed by atoms with E-state index in [9.17, 15) is 13.2 Å². The molecule has 23 heavy (non-hydrogen) atoms. The fourth-order valence-corrected chi connectivity index (χ4v) is 2.74. The quantitative estimate of drug-likeness (QED) is 0.762. The summed E-state index contributed by atoms with van der Waals surface area (Å²) >= 11 is 3.39. The summed E-state index contributed by atoms with van der Waals surface area (Å²) in [5, 5.41) is 0. The molecule has 1 aliphatic rings. The number of morpholine rings is 1. The highest BCUT2D eigenvalue weighted by Crippen LogP contribution is 2.30. The zero-order valence-corrected chi connectivity index (χ0v) is 13.6. The first-order valence-electron chi connectivity index (χ1n) is 7.09. The maximum atomic E-state index is 12.6. The average Bonchev–Trinajstić information content (AvgIpc) is 2.55. The first-order chi connectivity index (χ1) is 10.9. The van der Waals surface area contributed by atoms with Crippen LogP contribution in [0.15, 0.2) is 47.1 Å². The Bertz CT molecular complexity index is 659. The van der Waals surface area contributed by atoms with Crippen LogP contribution in [0.3, 0.4) is 0 Å². The van der Waals surface area contributed by atoms with Gasteiger partial charge in [-0.25, -0.2) is 4.98 Å². The van der Waals surface area contributed by atoms with Crippen LogP contribution >= 0.6 is 15.9 Å². The maximum absolute atomic E-state index is 12.6. The van der Waals surface area contributed by atoms with E-state index in [1.165, 1.54) is 6.07 Å². The van der Waals surface area contributed by atoms with E-state index < -0.39 is 11.7 Å². The second-order valence-corrected chi connectivity index (χ2v) is 6.18. The Hall–Kier alpha value is -1.60. The molecule has 2 aromatic rings. The number of aromatic nitrogens is 1. The lowest BCUT2D eigenvalue weighted by Crippen LogP contribution is -2.38. The lowest BCUT2D eigenvalue weighted by atomic mass is 10.1. The van der Waals surface area contributed by atoms with Crippen molar-refractivity contribution in [2.45, 2.75) is 12.3 Å². The highest BCUT2D eigenvalue weighted by atomic mass is 79.9. The van der Waals surface area contributed by atoms with Gasteiger partial charge >= 0.3 is 6.18 Å². The Morgan fingerprint density at radius 1 is 1.13 bits per heavy atom. The van der Waals surface area contributed by atoms with Gasteiger partial charge in [-0.1, -0.05) is 28.1 Å². The van der Waals surface area contributed by atoms with Gasteiger partial charge in [0.1, 0.15) is 11.9 Å². The van der Waals surface area contributed by atoms with Crippen LogP contribution in [0.5, 0.6) is 0 Å². The van der Waals surface area contributed by atoms with Gasteiger partial charge in [-0.2, -0.15) is 13.2 Å². The van der Waals surface area contributed by atoms with Crippen molar-refractivity contribution in [1.82, 2.24) is 4.98 Å². The van der Waals surface area contributed by atoms with Gasteiger partial charge in [-0.3, -0.25) is 0 Å². The van der Waals surface area contributed by atoms with Crippen molar-refractivity contribution < 1.29 is 17.9 Å². The summed E-state index contributed by atoms with van der Waals surface area (Å²) in [4.78, 5) is 5.89. The molecular weight excluding hydrogens is 373 g/mol. The van der Waals surface area contributed by atoms with E-state index in [0.717, 1.165) is 22.3 Å². The summed E-state index contributed by atoms with van der Waals surface area (Å²) in [6.45, 7) is 1.66. The third-order valence-corrected chi connectivity index (χ3v) is 4.24. The molecule has 0 aliphatic carbocycles. The van der Waals surface area contributed by atoms with Crippen LogP contribution in [0.1, 0.15) is 17.2 Å². The minimum atomic E-state index is -4.36. The van der Waals surface area contributed by atoms with Crippen molar-refractivity contribution in [3.05, 3.63) is 58.2 Å². The lowest BCUT2D eigenvalue weighted by Gasteiger charge is -2.34. The molecular formula is C16H14BrF3N2O. The molecule has 1 atom stereocenters. The summed E-state index contributed by atoms with van der Waals surface area (Å²) in [6.07, 6.45) is -3.61. The van der Waals surface area contributed by atoms with Crippen molar-refractivity contribution in [3.63, 3.8) is 0 Å². The van der Waals surface area contributed by atoms with Crippen LogP contribution < -0.4 is 4.90 Å². The highest BCUT2D eigenvalue weighted by molar-refractivity contribution is 9.10. The second kappa shape index (κ2) is 6.49. The van der Waals surface area contributed by atoms with E-state index in [2.05, 4.69) is 20.9 Å². The molecule has 3 nitrogen and oxygen atoms in total. The minimum absolute atomic E-state index is 0.124. The fourth-order valence-electron chi connectivity index (χ4n) is 2.48. The van der Waals surface area contributed by atoms with Crippen LogP contribution in [-0.2, 0) is 10.9 Å². The zero-order valence-electron chi connectivity index (χ0n) is 12.1. The number of alkyl halides is 3. The monoisotopic (exact) mass is 386 g/mol. The van der Waals surface area contributed by atoms with Crippen molar-refractivity contribution in [2.75, 3.05) is 24.6 Å². The molecule has 122 valence electrons. The number of ether oxygens (including phenoxy) is 1. The van der Waals surface area contributed by atoms with Crippen molar-refractivity contribution in [3.8, 4) is 0 Å². The molecule has 3 rings (SSSR count). The Balaban J connectivity index is 1.74. The topological polar surface area (TPSA) is 25.4 Å². The molecule has 1 aliphatic heterocycles. The van der Waals surface area contributed by atoms with E-state index >= 15 is 0 Å². The maximum Gasteiger partial charge on any atom is 0.417 e. The van der Waals surface area contributed by atoms with Gasteiger partial charge in [0.2, 0.25) is 0 Å². The van der Waals surface area contributed by atoms with E-state index in [4.69, 9.17) is 4.74 Å². The SMILES string of the molecule is FC(F)(F)c1ccc(N2CCOC(c3ccc(Br)cc3)C2)nc1. The smallest absolute Gasteiger partial charge is 0.370 e. The van der Waals surface area contributed by atoms with Gasteiger partial charge in [0.25, 0.3) is 0 Å². The Morgan fingerprint density at radius 2 is 1.87 bits per heavy atom. The van der Waals surface area contributed by atoms with Gasteiger partial charge in [-0.15, -0.1) is 0 Å². The summed E-state index contributed by atoms with van der Waals surface area (Å²) in [6, 6.07) is 10.3. The fraction of sp³-hybridized carbons (Fsp3) is 0.312. The third kappa shape index (κ3) is 3.84. The number of hydrogen-bond acceptors (Lipinski definition) is 3. The number of rotatable bonds is 2. The van der Waals surface area contributed by atoms with Gasteiger partial charge in [0.05, 0.1) is 12.2 Å². The predicted octanol–water partition coefficient (Wildman–Crippen LogP) is 4.44. The van der Waals surface area contributed by atoms with Gasteiger partial charge in [0, 0.05) is 23.8 Å². The second-order valence-electron chi connectivity index (χ2n) is 5.26. The average molecular weight is 387 g/mol. The summed E-state index contributed by atoms with van der Waals surface area (Å²) < 4.78 is 44.6. The van der Waals surface area contributed by atoms with E-state index in [-0.39, 0.29) is 6.10 Å². The third-order valence-electron chi connectivity index (χ3n) is 3.71. The van der Waals surface area contributed by atoms with Crippen LogP contribution in [-0.4, -0.2) is 24.7 Å². The number of halogens is 4. The molecule has 2 heterocycles. The molecule has 0 amide bonds. The largest absolute Gasteiger partial charge is 0.417 e. The molecule has 0 saturated carbocycles. The molecule has 1 saturated heterocycles. The number of pyridine rings is 1. The van der Waals surface area contributed by atoms with Crippen LogP contribution in [0.4, 0.5) is 19.0 Å². The molecule has 0 radical (unpaired) electrons. The molecule has 1 fully saturated rings. The normalized spacial score (nSPS) is 19.0. The number of nitrogens with zero attached hydrogens (tertiary/aromatic N) is 2. The number of hydrogen-bond donors (Lipinski definition) is 0. The molecule has 7 heteroatoms. The Labute approximate surface area is 140 Å². The summed E-state index contributed by atoms with van der Waals surface area (Å²) in [5.41, 5.74) is 0.295. The first kappa shape index (κ1) is 16.3. The van der Waals surface area contributed by atoms with Gasteiger partial charge in [-0.05, 0) is 29.8 Å². The van der Waals surface area contributed by atoms with E-state index in [0.29, 0.717) is 25.5 Å². The highest BCUT2D eigenvalue weighted by Gasteiger charge is 2.31. The van der Waals surface area contributed by atoms with Crippen molar-refractivity contribution >= 4 is 21.7 Å². The van der Waals surface area contributed by atoms with Gasteiger partial charge in [0.15, 0.2) is 0 Å². The molecule has 1 aromatic carbocycles. The Kier molecular flexibility index (Phi) is 4.59. The van der Waals surface area contributed by atoms with Crippen LogP contribution in [0.25, 0.3) is 0 Å². The van der Waals surface area contributed by atoms with Crippen molar-refractivity contribution in [1.29, 1.82) is 0 Å². The Morgan fingerprint density at radius 3 is 2.48 bits per heavy atom. The summed E-state index contributed by atoms with van der Waals surface area (Å²) in [5.74, 6) is 0.531. The summed E-state index contributed by atoms with van der Waals surface area (Å²) in [7, 11) is 0. The van der Waals surface area contributed by atoms with Crippen LogP contribution in [0, 0.1) is 0 Å². The minimum Gasteiger partial charge on any atom is -0.370 e. The zero-order chi connectivity index (χ0) is 16.4. The van der Waals surface area contributed by atoms with Gasteiger partial charge < -0.3 is 9.64 Å². The molecule has 0 N–H and O–H groups in total. The molecule has 1 unspecified atom stereocenters. The number of benzene rings is 1. The first-order valence-corrected chi connectivity index (χ1v) is 7.88. The molecule has 0 bridgehead atoms. The standard InChI is InChI=1S/C16H14BrF3N2O/c17-13-4-1-11(2-5-13)14-10-22(7-8-23-14)15-6-3-12(9-21-15)16(18,19)20/h1-6,9,14H,7-8,10H2. The lowest BCUT2D eigenvalue weighted by molar-refractivity contribution is -0.137. The predicted molar refractivity (Wildman–Crippen MR) is 84.3 cm³/mol. The molecule has 0 spiro atoms. The van der Waals surface area contributed by atoms with E-state index in [1.807, 2.05) is 29.2 Å². The molecule has 1 aromatic heterocycles.